The normalized spacial score (nSPS) is 11.3. The molecule has 0 saturated heterocycles. The summed E-state index contributed by atoms with van der Waals surface area (Å²) >= 11 is -1.87. The molecule has 15 heavy (non-hydrogen) atoms. The molecule has 0 fully saturated rings. The molecule has 0 spiro atoms. The number of hydrogen-bond acceptors (Lipinski definition) is 2. The van der Waals surface area contributed by atoms with Crippen LogP contribution in [0.4, 0.5) is 0 Å². The molecule has 0 N–H and O–H groups in total. The SMILES string of the molecule is CC(C)[CH2][Al]([C](=O)C(C)C)[C](=O)C(C)C. The van der Waals surface area contributed by atoms with Crippen LogP contribution in [0.15, 0.2) is 0 Å². The molecule has 0 radical (unpaired) electrons. The number of carbonyl (C=O) groups excluding carboxylic acids is 2. The van der Waals surface area contributed by atoms with Gasteiger partial charge in [-0.25, -0.2) is 0 Å². The van der Waals surface area contributed by atoms with Gasteiger partial charge < -0.3 is 9.59 Å². The van der Waals surface area contributed by atoms with E-state index in [2.05, 4.69) is 13.8 Å². The Hall–Kier alpha value is -0.128. The lowest BCUT2D eigenvalue weighted by Gasteiger charge is -2.16. The average Bonchev–Trinajstić information content (AvgIpc) is 2.11. The van der Waals surface area contributed by atoms with Crippen LogP contribution in [0.1, 0.15) is 41.5 Å². The molecule has 0 heterocycles. The van der Waals surface area contributed by atoms with Gasteiger partial charge in [-0.2, -0.15) is 0 Å². The molecule has 3 heteroatoms. The second-order valence-corrected chi connectivity index (χ2v) is 8.01. The largest absolute Gasteiger partial charge is 0.462 e. The Morgan fingerprint density at radius 2 is 1.20 bits per heavy atom. The van der Waals surface area contributed by atoms with Crippen LogP contribution in [0.5, 0.6) is 0 Å². The van der Waals surface area contributed by atoms with E-state index in [1.54, 1.807) is 0 Å². The zero-order valence-corrected chi connectivity index (χ0v) is 12.0. The zero-order chi connectivity index (χ0) is 12.2. The van der Waals surface area contributed by atoms with Crippen LogP contribution in [-0.2, 0) is 9.59 Å². The third-order valence-corrected chi connectivity index (χ3v) is 6.65. The van der Waals surface area contributed by atoms with E-state index in [0.29, 0.717) is 5.92 Å². The van der Waals surface area contributed by atoms with Gasteiger partial charge in [0.05, 0.1) is 9.29 Å². The number of carbonyl (C=O) groups is 2. The highest BCUT2D eigenvalue weighted by Crippen LogP contribution is 2.14. The van der Waals surface area contributed by atoms with Crippen LogP contribution in [-0.4, -0.2) is 23.4 Å². The molecule has 2 nitrogen and oxygen atoms in total. The van der Waals surface area contributed by atoms with Crippen LogP contribution in [0.3, 0.4) is 0 Å². The Morgan fingerprint density at radius 1 is 0.867 bits per heavy atom. The summed E-state index contributed by atoms with van der Waals surface area (Å²) in [4.78, 5) is 23.9. The monoisotopic (exact) mass is 226 g/mol. The molecular weight excluding hydrogens is 203 g/mol. The van der Waals surface area contributed by atoms with E-state index in [1.807, 2.05) is 27.7 Å². The van der Waals surface area contributed by atoms with Crippen molar-refractivity contribution >= 4 is 23.4 Å². The molecule has 0 aromatic heterocycles. The highest BCUT2D eigenvalue weighted by atomic mass is 27.2. The molecule has 0 saturated carbocycles. The lowest BCUT2D eigenvalue weighted by molar-refractivity contribution is -0.118. The molecular formula is C12H23AlO2. The van der Waals surface area contributed by atoms with Gasteiger partial charge in [-0.1, -0.05) is 52.7 Å². The smallest absolute Gasteiger partial charge is 0.320 e. The van der Waals surface area contributed by atoms with E-state index in [4.69, 9.17) is 0 Å². The van der Waals surface area contributed by atoms with Crippen LogP contribution >= 0.6 is 0 Å². The summed E-state index contributed by atoms with van der Waals surface area (Å²) in [6.07, 6.45) is 0. The van der Waals surface area contributed by atoms with Gasteiger partial charge in [0.15, 0.2) is 0 Å². The maximum atomic E-state index is 12.0. The van der Waals surface area contributed by atoms with E-state index in [0.717, 1.165) is 5.28 Å². The molecule has 0 bridgehead atoms. The standard InChI is InChI=1S/2C4H7O.C4H9.Al/c2*1-4(2)3-5;1-4(2)3;/h2*4H,1-2H3;4H,1H2,2-3H3;. The molecule has 0 aromatic rings. The van der Waals surface area contributed by atoms with Crippen LogP contribution in [0, 0.1) is 17.8 Å². The van der Waals surface area contributed by atoms with E-state index in [1.165, 1.54) is 0 Å². The second-order valence-electron chi connectivity index (χ2n) is 5.30. The molecule has 0 atom stereocenters. The highest BCUT2D eigenvalue weighted by molar-refractivity contribution is 7.11. The number of hydrogen-bond donors (Lipinski definition) is 0. The fourth-order valence-electron chi connectivity index (χ4n) is 1.65. The molecule has 0 amide bonds. The minimum absolute atomic E-state index is 0.0168. The molecule has 0 aliphatic rings. The second kappa shape index (κ2) is 6.45. The molecule has 0 rings (SSSR count). The first-order chi connectivity index (χ1) is 6.77. The van der Waals surface area contributed by atoms with Crippen molar-refractivity contribution < 1.29 is 9.59 Å². The lowest BCUT2D eigenvalue weighted by atomic mass is 10.2. The van der Waals surface area contributed by atoms with Gasteiger partial charge >= 0.3 is 14.1 Å². The van der Waals surface area contributed by atoms with Gasteiger partial charge in [-0.15, -0.1) is 0 Å². The van der Waals surface area contributed by atoms with Crippen molar-refractivity contribution in [2.45, 2.75) is 46.8 Å². The van der Waals surface area contributed by atoms with Crippen LogP contribution in [0.25, 0.3) is 0 Å². The summed E-state index contributed by atoms with van der Waals surface area (Å²) in [7, 11) is 0. The minimum atomic E-state index is -1.87. The third kappa shape index (κ3) is 4.95. The van der Waals surface area contributed by atoms with Crippen LogP contribution in [0.2, 0.25) is 5.28 Å². The van der Waals surface area contributed by atoms with Crippen molar-refractivity contribution in [2.24, 2.45) is 17.8 Å². The van der Waals surface area contributed by atoms with Gasteiger partial charge in [0, 0.05) is 0 Å². The van der Waals surface area contributed by atoms with Crippen molar-refractivity contribution in [3.8, 4) is 0 Å². The Kier molecular flexibility index (Phi) is 6.40. The molecule has 0 aliphatic heterocycles. The van der Waals surface area contributed by atoms with Gasteiger partial charge in [-0.3, -0.25) is 0 Å². The quantitative estimate of drug-likeness (QED) is 0.652. The predicted molar refractivity (Wildman–Crippen MR) is 65.1 cm³/mol. The first-order valence-electron chi connectivity index (χ1n) is 5.84. The van der Waals surface area contributed by atoms with Gasteiger partial charge in [-0.05, 0) is 11.8 Å². The zero-order valence-electron chi connectivity index (χ0n) is 10.8. The van der Waals surface area contributed by atoms with Crippen molar-refractivity contribution in [2.75, 3.05) is 0 Å². The van der Waals surface area contributed by atoms with Crippen molar-refractivity contribution in [3.05, 3.63) is 0 Å². The summed E-state index contributed by atoms with van der Waals surface area (Å²) in [5.74, 6) is 0.485. The minimum Gasteiger partial charge on any atom is -0.320 e. The summed E-state index contributed by atoms with van der Waals surface area (Å²) in [6.45, 7) is 11.8. The topological polar surface area (TPSA) is 34.1 Å². The number of rotatable bonds is 6. The molecule has 86 valence electrons. The van der Waals surface area contributed by atoms with E-state index < -0.39 is 14.1 Å². The van der Waals surface area contributed by atoms with Crippen molar-refractivity contribution in [1.29, 1.82) is 0 Å². The fourth-order valence-corrected chi connectivity index (χ4v) is 4.95. The van der Waals surface area contributed by atoms with E-state index in [9.17, 15) is 9.59 Å². The maximum Gasteiger partial charge on any atom is 0.462 e. The van der Waals surface area contributed by atoms with E-state index in [-0.39, 0.29) is 21.1 Å². The first-order valence-corrected chi connectivity index (χ1v) is 7.81. The highest BCUT2D eigenvalue weighted by Gasteiger charge is 2.38. The summed E-state index contributed by atoms with van der Waals surface area (Å²) in [6, 6.07) is 0. The predicted octanol–water partition coefficient (Wildman–Crippen LogP) is 2.67. The summed E-state index contributed by atoms with van der Waals surface area (Å²) in [5.41, 5.74) is 0. The van der Waals surface area contributed by atoms with Gasteiger partial charge in [0.2, 0.25) is 0 Å². The van der Waals surface area contributed by atoms with Gasteiger partial charge in [0.1, 0.15) is 0 Å². The average molecular weight is 226 g/mol. The first kappa shape index (κ1) is 14.9. The molecule has 0 unspecified atom stereocenters. The van der Waals surface area contributed by atoms with E-state index >= 15 is 0 Å². The third-order valence-electron chi connectivity index (χ3n) is 2.53. The molecule has 0 aliphatic carbocycles. The molecule has 0 aromatic carbocycles. The summed E-state index contributed by atoms with van der Waals surface area (Å²) < 4.78 is 0.477. The Labute approximate surface area is 97.8 Å². The Bertz CT molecular complexity index is 212. The Morgan fingerprint density at radius 3 is 1.40 bits per heavy atom. The van der Waals surface area contributed by atoms with Crippen molar-refractivity contribution in [3.63, 3.8) is 0 Å². The van der Waals surface area contributed by atoms with Gasteiger partial charge in [0.25, 0.3) is 0 Å². The lowest BCUT2D eigenvalue weighted by Crippen LogP contribution is -2.41. The fraction of sp³-hybridized carbons (Fsp3) is 0.833. The Balaban J connectivity index is 4.73. The summed E-state index contributed by atoms with van der Waals surface area (Å²) in [5, 5.41) is 0.827. The van der Waals surface area contributed by atoms with Crippen molar-refractivity contribution in [1.82, 2.24) is 0 Å². The van der Waals surface area contributed by atoms with Crippen LogP contribution < -0.4 is 0 Å². The maximum absolute atomic E-state index is 12.0.